The third kappa shape index (κ3) is 3.94. The topological polar surface area (TPSA) is 75.7 Å². The van der Waals surface area contributed by atoms with Gasteiger partial charge in [-0.2, -0.15) is 0 Å². The molecule has 5 heteroatoms. The summed E-state index contributed by atoms with van der Waals surface area (Å²) in [5.74, 6) is 0.0426. The van der Waals surface area contributed by atoms with E-state index >= 15 is 0 Å². The van der Waals surface area contributed by atoms with Gasteiger partial charge in [0, 0.05) is 59.2 Å². The Bertz CT molecular complexity index is 978. The highest BCUT2D eigenvalue weighted by molar-refractivity contribution is 5.97. The Morgan fingerprint density at radius 2 is 2.00 bits per heavy atom. The predicted octanol–water partition coefficient (Wildman–Crippen LogP) is 3.52. The molecule has 3 aromatic heterocycles. The van der Waals surface area contributed by atoms with E-state index in [9.17, 15) is 9.59 Å². The van der Waals surface area contributed by atoms with Gasteiger partial charge in [0.05, 0.1) is 0 Å². The second-order valence-corrected chi connectivity index (χ2v) is 6.26. The van der Waals surface area contributed by atoms with Crippen LogP contribution in [0.15, 0.2) is 53.8 Å². The maximum absolute atomic E-state index is 12.5. The van der Waals surface area contributed by atoms with Crippen LogP contribution in [0.4, 0.5) is 0 Å². The number of carbonyl (C=O) groups excluding carboxylic acids is 1. The van der Waals surface area contributed by atoms with Gasteiger partial charge < -0.3 is 4.98 Å². The van der Waals surface area contributed by atoms with E-state index in [-0.39, 0.29) is 11.3 Å². The fourth-order valence-corrected chi connectivity index (χ4v) is 2.92. The molecule has 0 aliphatic heterocycles. The van der Waals surface area contributed by atoms with Gasteiger partial charge in [0.15, 0.2) is 5.78 Å². The van der Waals surface area contributed by atoms with E-state index in [1.165, 1.54) is 0 Å². The minimum atomic E-state index is -0.0644. The third-order valence-electron chi connectivity index (χ3n) is 4.43. The average Bonchev–Trinajstić information content (AvgIpc) is 2.67. The van der Waals surface area contributed by atoms with E-state index in [0.29, 0.717) is 24.8 Å². The zero-order valence-electron chi connectivity index (χ0n) is 15.0. The lowest BCUT2D eigenvalue weighted by Crippen LogP contribution is -2.13. The van der Waals surface area contributed by atoms with Gasteiger partial charge in [-0.3, -0.25) is 19.6 Å². The number of nitrogens with zero attached hydrogens (tertiary/aromatic N) is 2. The molecule has 5 nitrogen and oxygen atoms in total. The maximum atomic E-state index is 12.5. The number of carbonyl (C=O) groups is 1. The van der Waals surface area contributed by atoms with Gasteiger partial charge in [-0.05, 0) is 43.5 Å². The van der Waals surface area contributed by atoms with Gasteiger partial charge in [-0.1, -0.05) is 13.0 Å². The first-order chi connectivity index (χ1) is 12.6. The molecule has 0 aliphatic carbocycles. The van der Waals surface area contributed by atoms with Crippen LogP contribution in [0.25, 0.3) is 11.1 Å². The van der Waals surface area contributed by atoms with Gasteiger partial charge in [0.25, 0.3) is 5.56 Å². The highest BCUT2D eigenvalue weighted by Crippen LogP contribution is 2.23. The van der Waals surface area contributed by atoms with Gasteiger partial charge in [0.1, 0.15) is 0 Å². The molecule has 0 fully saturated rings. The Labute approximate surface area is 152 Å². The van der Waals surface area contributed by atoms with Crippen molar-refractivity contribution in [3.05, 3.63) is 81.8 Å². The number of H-pyrrole nitrogens is 1. The highest BCUT2D eigenvalue weighted by Gasteiger charge is 2.11. The second-order valence-electron chi connectivity index (χ2n) is 6.26. The summed E-state index contributed by atoms with van der Waals surface area (Å²) < 4.78 is 0. The normalized spacial score (nSPS) is 10.7. The van der Waals surface area contributed by atoms with Gasteiger partial charge in [-0.25, -0.2) is 0 Å². The number of hydrogen-bond donors (Lipinski definition) is 1. The maximum Gasteiger partial charge on any atom is 0.251 e. The minimum Gasteiger partial charge on any atom is -0.326 e. The summed E-state index contributed by atoms with van der Waals surface area (Å²) in [6, 6.07) is 7.56. The fraction of sp³-hybridized carbons (Fsp3) is 0.238. The first-order valence-electron chi connectivity index (χ1n) is 8.68. The van der Waals surface area contributed by atoms with Crippen molar-refractivity contribution in [3.63, 3.8) is 0 Å². The summed E-state index contributed by atoms with van der Waals surface area (Å²) in [7, 11) is 0. The third-order valence-corrected chi connectivity index (χ3v) is 4.43. The van der Waals surface area contributed by atoms with E-state index in [1.54, 1.807) is 24.8 Å². The Hall–Kier alpha value is -3.08. The molecule has 0 aliphatic rings. The SMILES string of the molecule is CCc1cc(-c2cncc(C(=O)CCc3cccnc3)c2)c(C)[nH]c1=O. The van der Waals surface area contributed by atoms with E-state index in [4.69, 9.17) is 0 Å². The quantitative estimate of drug-likeness (QED) is 0.692. The molecule has 132 valence electrons. The summed E-state index contributed by atoms with van der Waals surface area (Å²) in [5, 5.41) is 0. The lowest BCUT2D eigenvalue weighted by Gasteiger charge is -2.09. The smallest absolute Gasteiger partial charge is 0.251 e. The Morgan fingerprint density at radius 1 is 1.15 bits per heavy atom. The van der Waals surface area contributed by atoms with Crippen LogP contribution < -0.4 is 5.56 Å². The molecule has 26 heavy (non-hydrogen) atoms. The molecule has 3 heterocycles. The summed E-state index contributed by atoms with van der Waals surface area (Å²) in [6.07, 6.45) is 8.51. The van der Waals surface area contributed by atoms with Crippen LogP contribution >= 0.6 is 0 Å². The van der Waals surface area contributed by atoms with Gasteiger partial charge >= 0.3 is 0 Å². The van der Waals surface area contributed by atoms with E-state index in [0.717, 1.165) is 27.9 Å². The number of aryl methyl sites for hydroxylation is 3. The molecule has 3 rings (SSSR count). The van der Waals surface area contributed by atoms with E-state index in [2.05, 4.69) is 15.0 Å². The second kappa shape index (κ2) is 7.87. The van der Waals surface area contributed by atoms with Crippen LogP contribution in [0.1, 0.15) is 40.5 Å². The van der Waals surface area contributed by atoms with Crippen molar-refractivity contribution in [3.8, 4) is 11.1 Å². The minimum absolute atomic E-state index is 0.0426. The number of nitrogens with one attached hydrogen (secondary N) is 1. The molecule has 0 saturated heterocycles. The van der Waals surface area contributed by atoms with Crippen molar-refractivity contribution in [1.29, 1.82) is 0 Å². The standard InChI is InChI=1S/C21H21N3O2/c1-3-16-10-19(14(2)24-21(16)26)17-9-18(13-23-12-17)20(25)7-6-15-5-4-8-22-11-15/h4-5,8-13H,3,6-7H2,1-2H3,(H,24,26). The Morgan fingerprint density at radius 3 is 2.73 bits per heavy atom. The molecule has 0 aromatic carbocycles. The summed E-state index contributed by atoms with van der Waals surface area (Å²) >= 11 is 0. The first-order valence-corrected chi connectivity index (χ1v) is 8.68. The van der Waals surface area contributed by atoms with Crippen molar-refractivity contribution < 1.29 is 4.79 Å². The number of aromatic nitrogens is 3. The lowest BCUT2D eigenvalue weighted by atomic mass is 9.99. The summed E-state index contributed by atoms with van der Waals surface area (Å²) in [5.41, 5.74) is 4.78. The zero-order valence-corrected chi connectivity index (χ0v) is 15.0. The molecule has 3 aromatic rings. The largest absolute Gasteiger partial charge is 0.326 e. The lowest BCUT2D eigenvalue weighted by molar-refractivity contribution is 0.0982. The average molecular weight is 347 g/mol. The number of pyridine rings is 3. The summed E-state index contributed by atoms with van der Waals surface area (Å²) in [6.45, 7) is 3.80. The molecule has 0 atom stereocenters. The molecule has 0 amide bonds. The number of aromatic amines is 1. The van der Waals surface area contributed by atoms with Gasteiger partial charge in [0.2, 0.25) is 0 Å². The highest BCUT2D eigenvalue weighted by atomic mass is 16.1. The molecule has 0 saturated carbocycles. The fourth-order valence-electron chi connectivity index (χ4n) is 2.92. The van der Waals surface area contributed by atoms with E-state index < -0.39 is 0 Å². The molecule has 0 bridgehead atoms. The molecule has 0 spiro atoms. The predicted molar refractivity (Wildman–Crippen MR) is 101 cm³/mol. The Balaban J connectivity index is 1.84. The van der Waals surface area contributed by atoms with Crippen LogP contribution in [-0.2, 0) is 12.8 Å². The van der Waals surface area contributed by atoms with Crippen molar-refractivity contribution in [2.45, 2.75) is 33.1 Å². The zero-order chi connectivity index (χ0) is 18.5. The van der Waals surface area contributed by atoms with Crippen LogP contribution in [-0.4, -0.2) is 20.7 Å². The van der Waals surface area contributed by atoms with Crippen molar-refractivity contribution >= 4 is 5.78 Å². The molecule has 1 N–H and O–H groups in total. The molecular weight excluding hydrogens is 326 g/mol. The van der Waals surface area contributed by atoms with Crippen LogP contribution in [0.2, 0.25) is 0 Å². The van der Waals surface area contributed by atoms with Crippen molar-refractivity contribution in [2.24, 2.45) is 0 Å². The molecule has 0 unspecified atom stereocenters. The number of hydrogen-bond acceptors (Lipinski definition) is 4. The van der Waals surface area contributed by atoms with Crippen LogP contribution in [0.3, 0.4) is 0 Å². The molecular formula is C21H21N3O2. The first kappa shape index (κ1) is 17.7. The Kier molecular flexibility index (Phi) is 5.37. The van der Waals surface area contributed by atoms with Crippen molar-refractivity contribution in [2.75, 3.05) is 0 Å². The van der Waals surface area contributed by atoms with Crippen molar-refractivity contribution in [1.82, 2.24) is 15.0 Å². The molecule has 0 radical (unpaired) electrons. The monoisotopic (exact) mass is 347 g/mol. The van der Waals surface area contributed by atoms with E-state index in [1.807, 2.05) is 38.1 Å². The van der Waals surface area contributed by atoms with Crippen LogP contribution in [0, 0.1) is 6.92 Å². The number of Topliss-reactive ketones (excluding diaryl/α,β-unsaturated/α-hetero) is 1. The number of rotatable bonds is 6. The summed E-state index contributed by atoms with van der Waals surface area (Å²) in [4.78, 5) is 35.6. The van der Waals surface area contributed by atoms with Crippen LogP contribution in [0.5, 0.6) is 0 Å². The van der Waals surface area contributed by atoms with Gasteiger partial charge in [-0.15, -0.1) is 0 Å². The number of ketones is 1.